The minimum atomic E-state index is -0.150. The van der Waals surface area contributed by atoms with E-state index in [0.717, 1.165) is 51.2 Å². The Kier molecular flexibility index (Phi) is 9.35. The highest BCUT2D eigenvalue weighted by Crippen LogP contribution is 2.57. The maximum Gasteiger partial charge on any atom is 0.0561 e. The molecule has 0 saturated carbocycles. The quantitative estimate of drug-likeness (QED) is 0.158. The predicted octanol–water partition coefficient (Wildman–Crippen LogP) is 20.1. The zero-order valence-electron chi connectivity index (χ0n) is 42.5. The first-order valence-corrected chi connectivity index (χ1v) is 26.3. The van der Waals surface area contributed by atoms with Gasteiger partial charge in [-0.3, -0.25) is 0 Å². The lowest BCUT2D eigenvalue weighted by molar-refractivity contribution is 0.660. The van der Waals surface area contributed by atoms with Crippen molar-refractivity contribution in [2.24, 2.45) is 0 Å². The summed E-state index contributed by atoms with van der Waals surface area (Å²) in [6.45, 7) is 9.49. The second-order valence-electron chi connectivity index (χ2n) is 21.7. The van der Waals surface area contributed by atoms with Gasteiger partial charge in [-0.15, -0.1) is 0 Å². The maximum atomic E-state index is 2.50. The van der Waals surface area contributed by atoms with Crippen LogP contribution in [-0.4, -0.2) is 0 Å². The Morgan fingerprint density at radius 1 is 0.293 bits per heavy atom. The third-order valence-corrected chi connectivity index (χ3v) is 16.9. The van der Waals surface area contributed by atoms with Crippen molar-refractivity contribution in [2.45, 2.75) is 38.5 Å². The van der Waals surface area contributed by atoms with E-state index in [1.807, 2.05) is 0 Å². The van der Waals surface area contributed by atoms with E-state index < -0.39 is 0 Å². The Morgan fingerprint density at radius 2 is 0.747 bits per heavy atom. The molecule has 0 saturated heterocycles. The average molecular weight is 960 g/mol. The van der Waals surface area contributed by atoms with Crippen molar-refractivity contribution in [3.63, 3.8) is 0 Å². The lowest BCUT2D eigenvalue weighted by atomic mass is 9.82. The van der Waals surface area contributed by atoms with E-state index in [1.54, 1.807) is 0 Å². The molecule has 356 valence electrons. The number of anilines is 9. The number of hydrogen-bond acceptors (Lipinski definition) is 3. The van der Waals surface area contributed by atoms with Gasteiger partial charge in [-0.2, -0.15) is 0 Å². The van der Waals surface area contributed by atoms with E-state index in [9.17, 15) is 0 Å². The summed E-state index contributed by atoms with van der Waals surface area (Å²) in [5.74, 6) is 0. The molecule has 0 aromatic heterocycles. The minimum absolute atomic E-state index is 0.148. The maximum absolute atomic E-state index is 2.50. The highest BCUT2D eigenvalue weighted by Gasteiger charge is 2.38. The topological polar surface area (TPSA) is 9.72 Å². The number of fused-ring (bicyclic) bond motifs is 10. The summed E-state index contributed by atoms with van der Waals surface area (Å²) in [5, 5.41) is 7.29. The van der Waals surface area contributed by atoms with Crippen LogP contribution >= 0.6 is 0 Å². The first-order valence-electron chi connectivity index (χ1n) is 26.3. The number of nitrogens with zero attached hydrogens (tertiary/aromatic N) is 3. The Balaban J connectivity index is 0.938. The van der Waals surface area contributed by atoms with Crippen molar-refractivity contribution >= 4 is 83.5 Å². The van der Waals surface area contributed by atoms with Crippen molar-refractivity contribution in [3.05, 3.63) is 271 Å². The second-order valence-corrected chi connectivity index (χ2v) is 21.7. The molecule has 0 spiro atoms. The van der Waals surface area contributed by atoms with Gasteiger partial charge in [-0.05, 0) is 157 Å². The van der Waals surface area contributed by atoms with E-state index in [1.165, 1.54) is 88.0 Å². The summed E-state index contributed by atoms with van der Waals surface area (Å²) in [5.41, 5.74) is 23.0. The van der Waals surface area contributed by atoms with Crippen molar-refractivity contribution < 1.29 is 0 Å². The van der Waals surface area contributed by atoms with Gasteiger partial charge in [-0.1, -0.05) is 191 Å². The molecule has 0 N–H and O–H groups in total. The smallest absolute Gasteiger partial charge is 0.0561 e. The van der Waals surface area contributed by atoms with Crippen molar-refractivity contribution in [2.75, 3.05) is 14.7 Å². The van der Waals surface area contributed by atoms with Gasteiger partial charge in [0.05, 0.1) is 17.1 Å². The van der Waals surface area contributed by atoms with E-state index in [4.69, 9.17) is 0 Å². The fourth-order valence-electron chi connectivity index (χ4n) is 13.2. The molecule has 0 amide bonds. The number of rotatable bonds is 7. The molecule has 3 aliphatic rings. The Bertz CT molecular complexity index is 4330. The van der Waals surface area contributed by atoms with Crippen LogP contribution in [0.25, 0.3) is 65.7 Å². The number of para-hydroxylation sites is 1. The zero-order chi connectivity index (χ0) is 50.2. The molecule has 0 radical (unpaired) electrons. The average Bonchev–Trinajstić information content (AvgIpc) is 3.83. The predicted molar refractivity (Wildman–Crippen MR) is 317 cm³/mol. The molecule has 0 bridgehead atoms. The summed E-state index contributed by atoms with van der Waals surface area (Å²) >= 11 is 0. The molecule has 2 aliphatic carbocycles. The molecule has 12 aromatic carbocycles. The van der Waals surface area contributed by atoms with E-state index >= 15 is 0 Å². The highest BCUT2D eigenvalue weighted by molar-refractivity contribution is 6.18. The molecule has 12 aromatic rings. The molecular weight excluding hydrogens is 907 g/mol. The van der Waals surface area contributed by atoms with Crippen LogP contribution in [-0.2, 0) is 10.8 Å². The van der Waals surface area contributed by atoms with Crippen LogP contribution in [0.2, 0.25) is 0 Å². The molecule has 1 heterocycles. The van der Waals surface area contributed by atoms with Crippen molar-refractivity contribution in [1.29, 1.82) is 0 Å². The lowest BCUT2D eigenvalue weighted by Crippen LogP contribution is -2.18. The van der Waals surface area contributed by atoms with Crippen LogP contribution in [0, 0.1) is 0 Å². The fraction of sp³-hybridized carbons (Fsp3) is 0.0833. The van der Waals surface area contributed by atoms with Gasteiger partial charge in [0, 0.05) is 61.3 Å². The lowest BCUT2D eigenvalue weighted by Gasteiger charge is -2.36. The standard InChI is InChI=1S/C72H53N3/c1-71(2)63-26-14-12-23-56(63)58-36-33-53(43-65(58)71)73(51-31-29-46-17-8-10-19-48(46)41-51)55-35-38-60-61-39-40-67(62-25-16-28-68(70(61)62)75(69(60)45-55)50-21-6-5-7-22-50)74(52-32-30-47-18-9-11-20-49(47)42-52)54-34-37-59-57-24-13-15-27-64(57)72(3,4)66(59)44-54/h5-45H,1-4H3. The molecule has 3 nitrogen and oxygen atoms in total. The van der Waals surface area contributed by atoms with Crippen LogP contribution < -0.4 is 14.7 Å². The van der Waals surface area contributed by atoms with Crippen LogP contribution in [0.15, 0.2) is 249 Å². The van der Waals surface area contributed by atoms with Gasteiger partial charge >= 0.3 is 0 Å². The number of benzene rings is 12. The Hall–Kier alpha value is -9.18. The highest BCUT2D eigenvalue weighted by atomic mass is 15.2. The summed E-state index contributed by atoms with van der Waals surface area (Å²) < 4.78 is 0. The van der Waals surface area contributed by atoms with Gasteiger partial charge in [0.1, 0.15) is 0 Å². The summed E-state index contributed by atoms with van der Waals surface area (Å²) in [6.07, 6.45) is 0. The molecule has 3 heteroatoms. The zero-order valence-corrected chi connectivity index (χ0v) is 42.5. The first-order chi connectivity index (χ1) is 36.7. The molecule has 0 unspecified atom stereocenters. The summed E-state index contributed by atoms with van der Waals surface area (Å²) in [7, 11) is 0. The van der Waals surface area contributed by atoms with Gasteiger partial charge in [0.15, 0.2) is 0 Å². The Labute approximate surface area is 438 Å². The van der Waals surface area contributed by atoms with Crippen LogP contribution in [0.3, 0.4) is 0 Å². The summed E-state index contributed by atoms with van der Waals surface area (Å²) in [6, 6.07) is 93.0. The molecule has 0 fully saturated rings. The SMILES string of the molecule is CC1(C)c2ccccc2-c2ccc(N(c3ccc4c(c3)N(c3ccccc3)c3cccc5c(N(c6ccc7c(c6)C(C)(C)c6ccccc6-7)c6ccc7ccccc7c6)ccc-4c35)c3ccc4ccccc4c3)cc21. The largest absolute Gasteiger partial charge is 0.310 e. The van der Waals surface area contributed by atoms with Crippen molar-refractivity contribution in [3.8, 4) is 33.4 Å². The third kappa shape index (κ3) is 6.47. The Morgan fingerprint density at radius 3 is 1.36 bits per heavy atom. The normalized spacial score (nSPS) is 14.1. The van der Waals surface area contributed by atoms with Crippen LogP contribution in [0.5, 0.6) is 0 Å². The van der Waals surface area contributed by atoms with Gasteiger partial charge in [0.25, 0.3) is 0 Å². The molecule has 1 aliphatic heterocycles. The first kappa shape index (κ1) is 43.4. The molecule has 15 rings (SSSR count). The second kappa shape index (κ2) is 16.2. The minimum Gasteiger partial charge on any atom is -0.310 e. The van der Waals surface area contributed by atoms with Crippen LogP contribution in [0.1, 0.15) is 49.9 Å². The van der Waals surface area contributed by atoms with Crippen molar-refractivity contribution in [1.82, 2.24) is 0 Å². The van der Waals surface area contributed by atoms with Gasteiger partial charge < -0.3 is 14.7 Å². The van der Waals surface area contributed by atoms with Gasteiger partial charge in [0.2, 0.25) is 0 Å². The van der Waals surface area contributed by atoms with Crippen LogP contribution in [0.4, 0.5) is 51.2 Å². The third-order valence-electron chi connectivity index (χ3n) is 16.9. The fourth-order valence-corrected chi connectivity index (χ4v) is 13.2. The molecular formula is C72H53N3. The van der Waals surface area contributed by atoms with E-state index in [-0.39, 0.29) is 10.8 Å². The van der Waals surface area contributed by atoms with Gasteiger partial charge in [-0.25, -0.2) is 0 Å². The molecule has 75 heavy (non-hydrogen) atoms. The molecule has 0 atom stereocenters. The summed E-state index contributed by atoms with van der Waals surface area (Å²) in [4.78, 5) is 7.46. The monoisotopic (exact) mass is 959 g/mol. The van der Waals surface area contributed by atoms with E-state index in [0.29, 0.717) is 0 Å². The number of hydrogen-bond donors (Lipinski definition) is 0. The van der Waals surface area contributed by atoms with E-state index in [2.05, 4.69) is 291 Å².